The molecule has 0 bridgehead atoms. The minimum atomic E-state index is -0.257. The van der Waals surface area contributed by atoms with Crippen LogP contribution in [0.3, 0.4) is 0 Å². The second-order valence-corrected chi connectivity index (χ2v) is 8.18. The smallest absolute Gasteiger partial charge is 0.245 e. The van der Waals surface area contributed by atoms with Gasteiger partial charge in [0.25, 0.3) is 0 Å². The van der Waals surface area contributed by atoms with Crippen molar-refractivity contribution in [3.05, 3.63) is 36.0 Å². The molecule has 0 aliphatic carbocycles. The molecule has 0 aliphatic rings. The molecule has 0 atom stereocenters. The van der Waals surface area contributed by atoms with Gasteiger partial charge in [0.1, 0.15) is 11.6 Å². The number of anilines is 1. The Balaban J connectivity index is 2.22. The lowest BCUT2D eigenvalue weighted by atomic mass is 9.92. The first-order valence-corrected chi connectivity index (χ1v) is 9.94. The third-order valence-electron chi connectivity index (χ3n) is 4.61. The maximum Gasteiger partial charge on any atom is 0.245 e. The quantitative estimate of drug-likeness (QED) is 0.732. The molecule has 2 amide bonds. The lowest BCUT2D eigenvalue weighted by Crippen LogP contribution is -2.35. The van der Waals surface area contributed by atoms with Gasteiger partial charge < -0.3 is 15.0 Å². The predicted molar refractivity (Wildman–Crippen MR) is 115 cm³/mol. The summed E-state index contributed by atoms with van der Waals surface area (Å²) < 4.78 is 6.92. The van der Waals surface area contributed by atoms with Crippen molar-refractivity contribution in [2.75, 3.05) is 26.0 Å². The summed E-state index contributed by atoms with van der Waals surface area (Å²) in [7, 11) is 3.27. The van der Waals surface area contributed by atoms with Crippen molar-refractivity contribution >= 4 is 17.6 Å². The summed E-state index contributed by atoms with van der Waals surface area (Å²) in [6, 6.07) is 9.34. The number of ether oxygens (including phenoxy) is 1. The SMILES string of the molecule is CCCCC(=O)N(C)CC(=O)Nc1cc(C(C)(C)C)nn1-c1ccc(OC)cc1. The maximum absolute atomic E-state index is 12.6. The van der Waals surface area contributed by atoms with Gasteiger partial charge in [0, 0.05) is 24.9 Å². The van der Waals surface area contributed by atoms with Gasteiger partial charge in [-0.05, 0) is 30.7 Å². The van der Waals surface area contributed by atoms with Crippen LogP contribution in [0.25, 0.3) is 5.69 Å². The van der Waals surface area contributed by atoms with E-state index in [2.05, 4.69) is 26.1 Å². The van der Waals surface area contributed by atoms with Crippen LogP contribution in [0, 0.1) is 0 Å². The molecule has 0 saturated carbocycles. The number of benzene rings is 1. The third kappa shape index (κ3) is 6.07. The molecule has 29 heavy (non-hydrogen) atoms. The van der Waals surface area contributed by atoms with Gasteiger partial charge in [-0.25, -0.2) is 4.68 Å². The maximum atomic E-state index is 12.6. The highest BCUT2D eigenvalue weighted by Gasteiger charge is 2.22. The van der Waals surface area contributed by atoms with E-state index in [0.29, 0.717) is 12.2 Å². The number of rotatable bonds is 8. The molecule has 0 unspecified atom stereocenters. The normalized spacial score (nSPS) is 11.2. The monoisotopic (exact) mass is 400 g/mol. The number of nitrogens with zero attached hydrogens (tertiary/aromatic N) is 3. The molecule has 2 rings (SSSR count). The first-order chi connectivity index (χ1) is 13.7. The number of aromatic nitrogens is 2. The molecule has 1 heterocycles. The van der Waals surface area contributed by atoms with Crippen molar-refractivity contribution in [3.8, 4) is 11.4 Å². The Hall–Kier alpha value is -2.83. The molecule has 0 aliphatic heterocycles. The number of methoxy groups -OCH3 is 1. The van der Waals surface area contributed by atoms with E-state index in [4.69, 9.17) is 9.84 Å². The second-order valence-electron chi connectivity index (χ2n) is 8.18. The molecule has 1 aromatic heterocycles. The van der Waals surface area contributed by atoms with Crippen LogP contribution < -0.4 is 10.1 Å². The van der Waals surface area contributed by atoms with Crippen LogP contribution in [0.1, 0.15) is 52.7 Å². The van der Waals surface area contributed by atoms with Gasteiger partial charge in [-0.3, -0.25) is 9.59 Å². The van der Waals surface area contributed by atoms with Gasteiger partial charge in [-0.2, -0.15) is 5.10 Å². The molecule has 7 nitrogen and oxygen atoms in total. The van der Waals surface area contributed by atoms with Crippen molar-refractivity contribution in [3.63, 3.8) is 0 Å². The molecule has 158 valence electrons. The summed E-state index contributed by atoms with van der Waals surface area (Å²) in [6.45, 7) is 8.24. The fourth-order valence-electron chi connectivity index (χ4n) is 2.76. The summed E-state index contributed by atoms with van der Waals surface area (Å²) in [4.78, 5) is 26.1. The Labute approximate surface area is 173 Å². The zero-order chi connectivity index (χ0) is 21.6. The minimum absolute atomic E-state index is 0.00118. The lowest BCUT2D eigenvalue weighted by molar-refractivity contribution is -0.133. The van der Waals surface area contributed by atoms with Crippen molar-refractivity contribution < 1.29 is 14.3 Å². The molecular weight excluding hydrogens is 368 g/mol. The van der Waals surface area contributed by atoms with Crippen molar-refractivity contribution in [1.29, 1.82) is 0 Å². The Morgan fingerprint density at radius 1 is 1.21 bits per heavy atom. The van der Waals surface area contributed by atoms with Crippen LogP contribution in [-0.4, -0.2) is 47.2 Å². The molecule has 0 saturated heterocycles. The Morgan fingerprint density at radius 3 is 2.41 bits per heavy atom. The molecule has 0 radical (unpaired) electrons. The van der Waals surface area contributed by atoms with Gasteiger partial charge in [-0.15, -0.1) is 0 Å². The average Bonchev–Trinajstić information content (AvgIpc) is 3.10. The molecule has 1 aromatic carbocycles. The average molecular weight is 401 g/mol. The number of unbranched alkanes of at least 4 members (excludes halogenated alkanes) is 1. The van der Waals surface area contributed by atoms with E-state index >= 15 is 0 Å². The van der Waals surface area contributed by atoms with Gasteiger partial charge >= 0.3 is 0 Å². The molecule has 1 N–H and O–H groups in total. The van der Waals surface area contributed by atoms with Crippen LogP contribution in [0.2, 0.25) is 0 Å². The molecule has 0 spiro atoms. The number of nitrogens with one attached hydrogen (secondary N) is 1. The zero-order valence-corrected chi connectivity index (χ0v) is 18.3. The summed E-state index contributed by atoms with van der Waals surface area (Å²) in [5.74, 6) is 1.03. The van der Waals surface area contributed by atoms with Gasteiger partial charge in [0.2, 0.25) is 11.8 Å². The van der Waals surface area contributed by atoms with E-state index in [1.165, 1.54) is 4.90 Å². The Kier molecular flexibility index (Phi) is 7.42. The first-order valence-electron chi connectivity index (χ1n) is 9.94. The Morgan fingerprint density at radius 2 is 1.86 bits per heavy atom. The summed E-state index contributed by atoms with van der Waals surface area (Å²) in [6.07, 6.45) is 2.23. The molecule has 2 aromatic rings. The van der Waals surface area contributed by atoms with E-state index in [0.717, 1.165) is 30.0 Å². The molecule has 0 fully saturated rings. The van der Waals surface area contributed by atoms with E-state index in [1.54, 1.807) is 18.8 Å². The van der Waals surface area contributed by atoms with Crippen molar-refractivity contribution in [1.82, 2.24) is 14.7 Å². The van der Waals surface area contributed by atoms with E-state index < -0.39 is 0 Å². The topological polar surface area (TPSA) is 76.5 Å². The predicted octanol–water partition coefficient (Wildman–Crippen LogP) is 3.77. The highest BCUT2D eigenvalue weighted by molar-refractivity contribution is 5.94. The highest BCUT2D eigenvalue weighted by Crippen LogP contribution is 2.27. The number of carbonyl (C=O) groups excluding carboxylic acids is 2. The van der Waals surface area contributed by atoms with Crippen molar-refractivity contribution in [2.24, 2.45) is 0 Å². The van der Waals surface area contributed by atoms with E-state index in [9.17, 15) is 9.59 Å². The van der Waals surface area contributed by atoms with Gasteiger partial charge in [-0.1, -0.05) is 34.1 Å². The number of amides is 2. The summed E-state index contributed by atoms with van der Waals surface area (Å²) >= 11 is 0. The summed E-state index contributed by atoms with van der Waals surface area (Å²) in [5, 5.41) is 7.60. The second kappa shape index (κ2) is 9.58. The zero-order valence-electron chi connectivity index (χ0n) is 18.3. The molecular formula is C22H32N4O3. The largest absolute Gasteiger partial charge is 0.497 e. The Bertz CT molecular complexity index is 835. The lowest BCUT2D eigenvalue weighted by Gasteiger charge is -2.17. The summed E-state index contributed by atoms with van der Waals surface area (Å²) in [5.41, 5.74) is 1.49. The number of likely N-dealkylation sites (N-methyl/N-ethyl adjacent to an activating group) is 1. The number of carbonyl (C=O) groups is 2. The third-order valence-corrected chi connectivity index (χ3v) is 4.61. The fraction of sp³-hybridized carbons (Fsp3) is 0.500. The minimum Gasteiger partial charge on any atom is -0.497 e. The van der Waals surface area contributed by atoms with Crippen LogP contribution in [0.5, 0.6) is 5.75 Å². The number of hydrogen-bond acceptors (Lipinski definition) is 4. The standard InChI is InChI=1S/C22H32N4O3/c1-7-8-9-21(28)25(5)15-20(27)23-19-14-18(22(2,3)4)24-26(19)16-10-12-17(29-6)13-11-16/h10-14H,7-9,15H2,1-6H3,(H,23,27). The highest BCUT2D eigenvalue weighted by atomic mass is 16.5. The van der Waals surface area contributed by atoms with Crippen LogP contribution in [-0.2, 0) is 15.0 Å². The van der Waals surface area contributed by atoms with Gasteiger partial charge in [0.05, 0.1) is 25.0 Å². The van der Waals surface area contributed by atoms with Crippen molar-refractivity contribution in [2.45, 2.75) is 52.4 Å². The van der Waals surface area contributed by atoms with Gasteiger partial charge in [0.15, 0.2) is 0 Å². The first kappa shape index (κ1) is 22.5. The fourth-order valence-corrected chi connectivity index (χ4v) is 2.76. The number of hydrogen-bond donors (Lipinski definition) is 1. The van der Waals surface area contributed by atoms with E-state index in [-0.39, 0.29) is 23.8 Å². The van der Waals surface area contributed by atoms with Crippen LogP contribution in [0.4, 0.5) is 5.82 Å². The van der Waals surface area contributed by atoms with Crippen LogP contribution >= 0.6 is 0 Å². The van der Waals surface area contributed by atoms with Crippen LogP contribution in [0.15, 0.2) is 30.3 Å². The molecule has 7 heteroatoms. The van der Waals surface area contributed by atoms with E-state index in [1.807, 2.05) is 37.3 Å².